The van der Waals surface area contributed by atoms with Gasteiger partial charge in [0.25, 0.3) is 0 Å². The predicted octanol–water partition coefficient (Wildman–Crippen LogP) is 0.708. The lowest BCUT2D eigenvalue weighted by Crippen LogP contribution is -2.36. The standard InChI is InChI=1S/C7H10BrNO3/c1-5(8)2-9-6(3-10)4-12-7(9)11/h6,10H,1-4H2/t6-/m0/s1. The van der Waals surface area contributed by atoms with E-state index in [1.54, 1.807) is 0 Å². The zero-order valence-corrected chi connectivity index (χ0v) is 8.08. The number of aliphatic hydroxyl groups excluding tert-OH is 1. The molecule has 1 N–H and O–H groups in total. The fraction of sp³-hybridized carbons (Fsp3) is 0.571. The third-order valence-corrected chi connectivity index (χ3v) is 1.88. The molecule has 0 saturated carbocycles. The summed E-state index contributed by atoms with van der Waals surface area (Å²) in [6, 6.07) is -0.230. The van der Waals surface area contributed by atoms with Crippen LogP contribution in [0.3, 0.4) is 0 Å². The summed E-state index contributed by atoms with van der Waals surface area (Å²) < 4.78 is 5.43. The summed E-state index contributed by atoms with van der Waals surface area (Å²) in [7, 11) is 0. The van der Waals surface area contributed by atoms with Crippen LogP contribution in [0.4, 0.5) is 4.79 Å². The van der Waals surface area contributed by atoms with Crippen LogP contribution in [0.15, 0.2) is 11.1 Å². The third-order valence-electron chi connectivity index (χ3n) is 1.63. The van der Waals surface area contributed by atoms with E-state index in [-0.39, 0.29) is 19.3 Å². The molecule has 1 fully saturated rings. The first kappa shape index (κ1) is 9.54. The fourth-order valence-corrected chi connectivity index (χ4v) is 1.29. The van der Waals surface area contributed by atoms with Crippen molar-refractivity contribution in [1.82, 2.24) is 4.90 Å². The Labute approximate surface area is 78.9 Å². The zero-order valence-electron chi connectivity index (χ0n) is 6.49. The number of hydrogen-bond acceptors (Lipinski definition) is 3. The van der Waals surface area contributed by atoms with E-state index in [2.05, 4.69) is 22.5 Å². The number of carbonyl (C=O) groups excluding carboxylic acids is 1. The highest BCUT2D eigenvalue weighted by Gasteiger charge is 2.31. The molecule has 1 heterocycles. The summed E-state index contributed by atoms with van der Waals surface area (Å²) in [6.07, 6.45) is -0.394. The molecule has 5 heteroatoms. The minimum Gasteiger partial charge on any atom is -0.447 e. The van der Waals surface area contributed by atoms with Gasteiger partial charge in [0.1, 0.15) is 6.61 Å². The van der Waals surface area contributed by atoms with Gasteiger partial charge in [-0.3, -0.25) is 4.90 Å². The van der Waals surface area contributed by atoms with Crippen LogP contribution in [0.2, 0.25) is 0 Å². The van der Waals surface area contributed by atoms with E-state index in [0.29, 0.717) is 11.0 Å². The third kappa shape index (κ3) is 1.98. The molecule has 1 atom stereocenters. The normalized spacial score (nSPS) is 22.7. The van der Waals surface area contributed by atoms with E-state index < -0.39 is 6.09 Å². The molecule has 0 aromatic rings. The Bertz CT molecular complexity index is 207. The van der Waals surface area contributed by atoms with Crippen LogP contribution in [-0.2, 0) is 4.74 Å². The lowest BCUT2D eigenvalue weighted by atomic mass is 10.3. The molecule has 0 aliphatic carbocycles. The molecule has 12 heavy (non-hydrogen) atoms. The largest absolute Gasteiger partial charge is 0.447 e. The molecule has 1 amide bonds. The van der Waals surface area contributed by atoms with Crippen molar-refractivity contribution in [2.45, 2.75) is 6.04 Å². The molecule has 0 radical (unpaired) electrons. The minimum absolute atomic E-state index is 0.0774. The maximum absolute atomic E-state index is 11.0. The minimum atomic E-state index is -0.394. The average Bonchev–Trinajstić information content (AvgIpc) is 2.32. The summed E-state index contributed by atoms with van der Waals surface area (Å²) in [5.74, 6) is 0. The monoisotopic (exact) mass is 235 g/mol. The van der Waals surface area contributed by atoms with Crippen LogP contribution >= 0.6 is 15.9 Å². The molecule has 0 bridgehead atoms. The first-order chi connectivity index (χ1) is 5.65. The second-order valence-corrected chi connectivity index (χ2v) is 3.68. The Kier molecular flexibility index (Phi) is 3.11. The van der Waals surface area contributed by atoms with Gasteiger partial charge in [-0.25, -0.2) is 4.79 Å². The predicted molar refractivity (Wildman–Crippen MR) is 47.0 cm³/mol. The molecular formula is C7H10BrNO3. The van der Waals surface area contributed by atoms with Gasteiger partial charge < -0.3 is 9.84 Å². The van der Waals surface area contributed by atoms with Crippen LogP contribution in [0.1, 0.15) is 0 Å². The van der Waals surface area contributed by atoms with Crippen molar-refractivity contribution in [3.05, 3.63) is 11.1 Å². The van der Waals surface area contributed by atoms with Crippen molar-refractivity contribution in [1.29, 1.82) is 0 Å². The van der Waals surface area contributed by atoms with Gasteiger partial charge >= 0.3 is 6.09 Å². The van der Waals surface area contributed by atoms with Crippen LogP contribution in [0.25, 0.3) is 0 Å². The number of nitrogens with zero attached hydrogens (tertiary/aromatic N) is 1. The van der Waals surface area contributed by atoms with Crippen molar-refractivity contribution < 1.29 is 14.6 Å². The van der Waals surface area contributed by atoms with Crippen molar-refractivity contribution in [2.75, 3.05) is 19.8 Å². The number of carbonyl (C=O) groups is 1. The molecule has 1 rings (SSSR count). The van der Waals surface area contributed by atoms with E-state index in [4.69, 9.17) is 9.84 Å². The van der Waals surface area contributed by atoms with Crippen LogP contribution in [0.5, 0.6) is 0 Å². The first-order valence-corrected chi connectivity index (χ1v) is 4.32. The lowest BCUT2D eigenvalue weighted by Gasteiger charge is -2.18. The average molecular weight is 236 g/mol. The fourth-order valence-electron chi connectivity index (χ4n) is 1.02. The highest BCUT2D eigenvalue weighted by molar-refractivity contribution is 9.11. The van der Waals surface area contributed by atoms with Crippen molar-refractivity contribution >= 4 is 22.0 Å². The van der Waals surface area contributed by atoms with Gasteiger partial charge in [0.15, 0.2) is 0 Å². The van der Waals surface area contributed by atoms with Gasteiger partial charge in [-0.1, -0.05) is 22.5 Å². The Morgan fingerprint density at radius 1 is 1.92 bits per heavy atom. The molecular weight excluding hydrogens is 226 g/mol. The van der Waals surface area contributed by atoms with E-state index in [1.165, 1.54) is 4.90 Å². The molecule has 0 spiro atoms. The first-order valence-electron chi connectivity index (χ1n) is 3.52. The van der Waals surface area contributed by atoms with Gasteiger partial charge in [-0.15, -0.1) is 0 Å². The maximum atomic E-state index is 11.0. The molecule has 0 aromatic carbocycles. The van der Waals surface area contributed by atoms with Gasteiger partial charge in [-0.05, 0) is 0 Å². The summed E-state index contributed by atoms with van der Waals surface area (Å²) in [6.45, 7) is 4.17. The number of amides is 1. The number of aliphatic hydroxyl groups is 1. The van der Waals surface area contributed by atoms with Crippen molar-refractivity contribution in [2.24, 2.45) is 0 Å². The van der Waals surface area contributed by atoms with Gasteiger partial charge in [0, 0.05) is 4.48 Å². The Morgan fingerprint density at radius 2 is 2.58 bits per heavy atom. The van der Waals surface area contributed by atoms with Gasteiger partial charge in [0.05, 0.1) is 19.2 Å². The number of rotatable bonds is 3. The van der Waals surface area contributed by atoms with Gasteiger partial charge in [-0.2, -0.15) is 0 Å². The smallest absolute Gasteiger partial charge is 0.410 e. The highest BCUT2D eigenvalue weighted by atomic mass is 79.9. The number of ether oxygens (including phenoxy) is 1. The van der Waals surface area contributed by atoms with Crippen LogP contribution in [0, 0.1) is 0 Å². The molecule has 1 aliphatic heterocycles. The molecule has 1 saturated heterocycles. The van der Waals surface area contributed by atoms with E-state index in [9.17, 15) is 4.79 Å². The molecule has 4 nitrogen and oxygen atoms in total. The second kappa shape index (κ2) is 3.91. The molecule has 1 aliphatic rings. The maximum Gasteiger partial charge on any atom is 0.410 e. The van der Waals surface area contributed by atoms with Gasteiger partial charge in [0.2, 0.25) is 0 Å². The quantitative estimate of drug-likeness (QED) is 0.784. The molecule has 0 aromatic heterocycles. The van der Waals surface area contributed by atoms with Crippen LogP contribution in [-0.4, -0.2) is 41.9 Å². The Morgan fingerprint density at radius 3 is 3.08 bits per heavy atom. The summed E-state index contributed by atoms with van der Waals surface area (Å²) in [5, 5.41) is 8.85. The summed E-state index contributed by atoms with van der Waals surface area (Å²) in [4.78, 5) is 12.5. The molecule has 68 valence electrons. The highest BCUT2D eigenvalue weighted by Crippen LogP contribution is 2.15. The summed E-state index contributed by atoms with van der Waals surface area (Å²) in [5.41, 5.74) is 0. The van der Waals surface area contributed by atoms with Crippen molar-refractivity contribution in [3.8, 4) is 0 Å². The van der Waals surface area contributed by atoms with Crippen molar-refractivity contribution in [3.63, 3.8) is 0 Å². The van der Waals surface area contributed by atoms with E-state index >= 15 is 0 Å². The number of halogens is 1. The lowest BCUT2D eigenvalue weighted by molar-refractivity contribution is 0.158. The SMILES string of the molecule is C=C(Br)CN1C(=O)OC[C@@H]1CO. The number of cyclic esters (lactones) is 1. The number of hydrogen-bond donors (Lipinski definition) is 1. The topological polar surface area (TPSA) is 49.8 Å². The Hall–Kier alpha value is -0.550. The summed E-state index contributed by atoms with van der Waals surface area (Å²) >= 11 is 3.14. The zero-order chi connectivity index (χ0) is 9.14. The van der Waals surface area contributed by atoms with E-state index in [1.807, 2.05) is 0 Å². The van der Waals surface area contributed by atoms with Crippen LogP contribution < -0.4 is 0 Å². The molecule has 0 unspecified atom stereocenters. The second-order valence-electron chi connectivity index (χ2n) is 2.56. The Balaban J connectivity index is 2.57. The van der Waals surface area contributed by atoms with E-state index in [0.717, 1.165) is 0 Å².